The summed E-state index contributed by atoms with van der Waals surface area (Å²) in [5, 5.41) is 7.71. The van der Waals surface area contributed by atoms with Crippen LogP contribution in [0.4, 0.5) is 0 Å². The highest BCUT2D eigenvalue weighted by Crippen LogP contribution is 2.06. The third-order valence-corrected chi connectivity index (χ3v) is 2.95. The Kier molecular flexibility index (Phi) is 5.04. The highest BCUT2D eigenvalue weighted by atomic mass is 32.2. The molecule has 80 valence electrons. The molecule has 0 bridgehead atoms. The number of rotatable bonds is 6. The summed E-state index contributed by atoms with van der Waals surface area (Å²) in [5.41, 5.74) is 1.17. The first kappa shape index (κ1) is 11.6. The van der Waals surface area contributed by atoms with E-state index in [4.69, 9.17) is 0 Å². The fourth-order valence-corrected chi connectivity index (χ4v) is 1.95. The molecule has 1 aromatic heterocycles. The molecular weight excluding hydrogens is 194 g/mol. The number of aryl methyl sites for hydroxylation is 1. The topological polar surface area (TPSA) is 29.9 Å². The maximum absolute atomic E-state index is 4.38. The van der Waals surface area contributed by atoms with Crippen molar-refractivity contribution in [1.82, 2.24) is 15.1 Å². The van der Waals surface area contributed by atoms with E-state index in [9.17, 15) is 0 Å². The Labute approximate surface area is 90.3 Å². The molecule has 3 nitrogen and oxygen atoms in total. The minimum Gasteiger partial charge on any atom is -0.317 e. The van der Waals surface area contributed by atoms with Crippen LogP contribution in [0.1, 0.15) is 12.1 Å². The van der Waals surface area contributed by atoms with Crippen LogP contribution in [0.15, 0.2) is 12.3 Å². The molecule has 1 aromatic rings. The molecular formula is C10H19N3S. The number of thioether (sulfide) groups is 1. The van der Waals surface area contributed by atoms with Gasteiger partial charge in [-0.15, -0.1) is 0 Å². The largest absolute Gasteiger partial charge is 0.317 e. The van der Waals surface area contributed by atoms with Crippen molar-refractivity contribution in [1.29, 1.82) is 0 Å². The van der Waals surface area contributed by atoms with E-state index in [0.717, 1.165) is 6.42 Å². The molecule has 0 aliphatic carbocycles. The lowest BCUT2D eigenvalue weighted by molar-refractivity contribution is 0.537. The predicted octanol–water partition coefficient (Wildman–Crippen LogP) is 1.30. The van der Waals surface area contributed by atoms with Crippen molar-refractivity contribution < 1.29 is 0 Å². The van der Waals surface area contributed by atoms with Crippen LogP contribution in [0.25, 0.3) is 0 Å². The van der Waals surface area contributed by atoms with E-state index in [-0.39, 0.29) is 0 Å². The SMILES string of the molecule is CNC(CCSC)Cc1ccn(C)n1. The molecule has 0 aliphatic heterocycles. The first-order chi connectivity index (χ1) is 6.76. The Balaban J connectivity index is 2.40. The normalized spacial score (nSPS) is 13.1. The summed E-state index contributed by atoms with van der Waals surface area (Å²) in [5.74, 6) is 1.21. The third kappa shape index (κ3) is 3.72. The fraction of sp³-hybridized carbons (Fsp3) is 0.700. The molecule has 1 atom stereocenters. The summed E-state index contributed by atoms with van der Waals surface area (Å²) in [7, 11) is 3.98. The number of aromatic nitrogens is 2. The van der Waals surface area contributed by atoms with E-state index >= 15 is 0 Å². The smallest absolute Gasteiger partial charge is 0.0640 e. The van der Waals surface area contributed by atoms with Crippen LogP contribution >= 0.6 is 11.8 Å². The molecule has 0 aliphatic rings. The van der Waals surface area contributed by atoms with Gasteiger partial charge in [0.1, 0.15) is 0 Å². The van der Waals surface area contributed by atoms with E-state index in [1.54, 1.807) is 0 Å². The number of hydrogen-bond acceptors (Lipinski definition) is 3. The fourth-order valence-electron chi connectivity index (χ4n) is 1.43. The van der Waals surface area contributed by atoms with Gasteiger partial charge in [-0.25, -0.2) is 0 Å². The van der Waals surface area contributed by atoms with Gasteiger partial charge in [-0.3, -0.25) is 4.68 Å². The van der Waals surface area contributed by atoms with Crippen molar-refractivity contribution in [2.24, 2.45) is 7.05 Å². The number of likely N-dealkylation sites (N-methyl/N-ethyl adjacent to an activating group) is 1. The van der Waals surface area contributed by atoms with Crippen molar-refractivity contribution in [2.75, 3.05) is 19.1 Å². The van der Waals surface area contributed by atoms with E-state index in [1.807, 2.05) is 36.7 Å². The molecule has 14 heavy (non-hydrogen) atoms. The zero-order chi connectivity index (χ0) is 10.4. The molecule has 1 N–H and O–H groups in total. The van der Waals surface area contributed by atoms with Crippen LogP contribution in [0, 0.1) is 0 Å². The zero-order valence-electron chi connectivity index (χ0n) is 9.16. The highest BCUT2D eigenvalue weighted by molar-refractivity contribution is 7.98. The molecule has 0 saturated carbocycles. The van der Waals surface area contributed by atoms with Crippen LogP contribution < -0.4 is 5.32 Å². The average Bonchev–Trinajstić information content (AvgIpc) is 2.58. The van der Waals surface area contributed by atoms with Gasteiger partial charge in [-0.05, 0) is 31.5 Å². The van der Waals surface area contributed by atoms with Crippen LogP contribution in [0.2, 0.25) is 0 Å². The molecule has 0 aromatic carbocycles. The average molecular weight is 213 g/mol. The zero-order valence-corrected chi connectivity index (χ0v) is 9.97. The van der Waals surface area contributed by atoms with Gasteiger partial charge in [0.2, 0.25) is 0 Å². The van der Waals surface area contributed by atoms with Crippen molar-refractivity contribution in [3.63, 3.8) is 0 Å². The Bertz CT molecular complexity index is 260. The van der Waals surface area contributed by atoms with Gasteiger partial charge in [0.05, 0.1) is 5.69 Å². The van der Waals surface area contributed by atoms with Gasteiger partial charge in [0.15, 0.2) is 0 Å². The minimum atomic E-state index is 0.553. The van der Waals surface area contributed by atoms with E-state index in [2.05, 4.69) is 22.7 Å². The first-order valence-corrected chi connectivity index (χ1v) is 6.30. The molecule has 0 fully saturated rings. The van der Waals surface area contributed by atoms with Crippen molar-refractivity contribution >= 4 is 11.8 Å². The Morgan fingerprint density at radius 2 is 2.43 bits per heavy atom. The molecule has 1 rings (SSSR count). The maximum atomic E-state index is 4.38. The lowest BCUT2D eigenvalue weighted by atomic mass is 10.1. The summed E-state index contributed by atoms with van der Waals surface area (Å²) in [6.07, 6.45) is 6.37. The number of hydrogen-bond donors (Lipinski definition) is 1. The second-order valence-electron chi connectivity index (χ2n) is 3.45. The molecule has 1 unspecified atom stereocenters. The van der Waals surface area contributed by atoms with Crippen molar-refractivity contribution in [3.8, 4) is 0 Å². The summed E-state index contributed by atoms with van der Waals surface area (Å²) >= 11 is 1.90. The summed E-state index contributed by atoms with van der Waals surface area (Å²) in [6.45, 7) is 0. The van der Waals surface area contributed by atoms with Gasteiger partial charge in [-0.1, -0.05) is 0 Å². The molecule has 1 heterocycles. The third-order valence-electron chi connectivity index (χ3n) is 2.30. The Morgan fingerprint density at radius 1 is 1.64 bits per heavy atom. The van der Waals surface area contributed by atoms with E-state index < -0.39 is 0 Å². The number of nitrogens with zero attached hydrogens (tertiary/aromatic N) is 2. The van der Waals surface area contributed by atoms with Gasteiger partial charge in [-0.2, -0.15) is 16.9 Å². The van der Waals surface area contributed by atoms with Crippen molar-refractivity contribution in [3.05, 3.63) is 18.0 Å². The minimum absolute atomic E-state index is 0.553. The van der Waals surface area contributed by atoms with Crippen LogP contribution in [-0.4, -0.2) is 34.9 Å². The predicted molar refractivity (Wildman–Crippen MR) is 62.8 cm³/mol. The van der Waals surface area contributed by atoms with Crippen molar-refractivity contribution in [2.45, 2.75) is 18.9 Å². The lowest BCUT2D eigenvalue weighted by Gasteiger charge is -2.13. The number of nitrogens with one attached hydrogen (secondary N) is 1. The standard InChI is InChI=1S/C10H19N3S/c1-11-9(5-7-14-3)8-10-4-6-13(2)12-10/h4,6,9,11H,5,7-8H2,1-3H3. The van der Waals surface area contributed by atoms with Gasteiger partial charge < -0.3 is 5.32 Å². The van der Waals surface area contributed by atoms with E-state index in [0.29, 0.717) is 6.04 Å². The van der Waals surface area contributed by atoms with Crippen LogP contribution in [0.3, 0.4) is 0 Å². The Hall–Kier alpha value is -0.480. The molecule has 0 spiro atoms. The second-order valence-corrected chi connectivity index (χ2v) is 4.44. The quantitative estimate of drug-likeness (QED) is 0.772. The first-order valence-electron chi connectivity index (χ1n) is 4.91. The van der Waals surface area contributed by atoms with E-state index in [1.165, 1.54) is 17.9 Å². The summed E-state index contributed by atoms with van der Waals surface area (Å²) in [6, 6.07) is 2.64. The monoisotopic (exact) mass is 213 g/mol. The summed E-state index contributed by atoms with van der Waals surface area (Å²) < 4.78 is 1.86. The van der Waals surface area contributed by atoms with Gasteiger partial charge in [0.25, 0.3) is 0 Å². The summed E-state index contributed by atoms with van der Waals surface area (Å²) in [4.78, 5) is 0. The molecule has 0 amide bonds. The second kappa shape index (κ2) is 6.09. The highest BCUT2D eigenvalue weighted by Gasteiger charge is 2.08. The van der Waals surface area contributed by atoms with Crippen LogP contribution in [0.5, 0.6) is 0 Å². The maximum Gasteiger partial charge on any atom is 0.0640 e. The lowest BCUT2D eigenvalue weighted by Crippen LogP contribution is -2.28. The molecule has 0 radical (unpaired) electrons. The van der Waals surface area contributed by atoms with Gasteiger partial charge in [0, 0.05) is 25.7 Å². The molecule has 4 heteroatoms. The Morgan fingerprint density at radius 3 is 2.93 bits per heavy atom. The van der Waals surface area contributed by atoms with Crippen LogP contribution in [-0.2, 0) is 13.5 Å². The van der Waals surface area contributed by atoms with Gasteiger partial charge >= 0.3 is 0 Å². The molecule has 0 saturated heterocycles.